The Labute approximate surface area is 107 Å². The zero-order valence-corrected chi connectivity index (χ0v) is 10.6. The van der Waals surface area contributed by atoms with Gasteiger partial charge in [0.25, 0.3) is 5.91 Å². The molecule has 1 aliphatic rings. The molecule has 0 saturated carbocycles. The fourth-order valence-electron chi connectivity index (χ4n) is 2.03. The lowest BCUT2D eigenvalue weighted by Gasteiger charge is -2.16. The minimum absolute atomic E-state index is 0.0896. The molecular weight excluding hydrogens is 228 g/mol. The maximum Gasteiger partial charge on any atom is 0.251 e. The van der Waals surface area contributed by atoms with Crippen LogP contribution in [0.1, 0.15) is 15.9 Å². The average molecular weight is 244 g/mol. The van der Waals surface area contributed by atoms with Gasteiger partial charge in [-0.3, -0.25) is 4.79 Å². The van der Waals surface area contributed by atoms with Gasteiger partial charge in [-0.15, -0.1) is 0 Å². The molecule has 0 aromatic heterocycles. The third-order valence-electron chi connectivity index (χ3n) is 3.16. The summed E-state index contributed by atoms with van der Waals surface area (Å²) in [5, 5.41) is 15.8. The van der Waals surface area contributed by atoms with Crippen molar-refractivity contribution in [2.75, 3.05) is 27.2 Å². The standard InChI is InChI=1S/C13H16N4O/c1-16-8-12(9-17(16)2)15-13(18)11-5-3-10(7-14)4-6-11/h3-6,12H,8-9H2,1-2H3,(H,15,18). The summed E-state index contributed by atoms with van der Waals surface area (Å²) in [6, 6.07) is 8.84. The lowest BCUT2D eigenvalue weighted by atomic mass is 10.1. The predicted molar refractivity (Wildman–Crippen MR) is 67.7 cm³/mol. The number of hydrogen-bond acceptors (Lipinski definition) is 4. The van der Waals surface area contributed by atoms with Crippen LogP contribution in [0.15, 0.2) is 24.3 Å². The van der Waals surface area contributed by atoms with Crippen LogP contribution in [0.5, 0.6) is 0 Å². The van der Waals surface area contributed by atoms with E-state index in [-0.39, 0.29) is 11.9 Å². The number of hydrazine groups is 1. The summed E-state index contributed by atoms with van der Waals surface area (Å²) in [7, 11) is 3.99. The number of benzene rings is 1. The van der Waals surface area contributed by atoms with Gasteiger partial charge >= 0.3 is 0 Å². The number of carbonyl (C=O) groups is 1. The van der Waals surface area contributed by atoms with Gasteiger partial charge in [-0.2, -0.15) is 5.26 Å². The van der Waals surface area contributed by atoms with Crippen LogP contribution < -0.4 is 5.32 Å². The molecule has 1 fully saturated rings. The van der Waals surface area contributed by atoms with Gasteiger partial charge in [0.2, 0.25) is 0 Å². The Morgan fingerprint density at radius 1 is 1.28 bits per heavy atom. The Hall–Kier alpha value is -1.90. The SMILES string of the molecule is CN1CC(NC(=O)c2ccc(C#N)cc2)CN1C. The Morgan fingerprint density at radius 3 is 2.33 bits per heavy atom. The first-order valence-corrected chi connectivity index (χ1v) is 5.83. The van der Waals surface area contributed by atoms with E-state index < -0.39 is 0 Å². The third-order valence-corrected chi connectivity index (χ3v) is 3.16. The molecule has 1 amide bonds. The monoisotopic (exact) mass is 244 g/mol. The highest BCUT2D eigenvalue weighted by molar-refractivity contribution is 5.94. The predicted octanol–water partition coefficient (Wildman–Crippen LogP) is 0.449. The highest BCUT2D eigenvalue weighted by Gasteiger charge is 2.25. The Kier molecular flexibility index (Phi) is 3.60. The van der Waals surface area contributed by atoms with Crippen LogP contribution in [0.25, 0.3) is 0 Å². The minimum Gasteiger partial charge on any atom is -0.347 e. The molecule has 1 N–H and O–H groups in total. The number of hydrogen-bond donors (Lipinski definition) is 1. The van der Waals surface area contributed by atoms with Crippen LogP contribution in [-0.4, -0.2) is 49.2 Å². The van der Waals surface area contributed by atoms with E-state index in [2.05, 4.69) is 15.3 Å². The van der Waals surface area contributed by atoms with Crippen molar-refractivity contribution >= 4 is 5.91 Å². The van der Waals surface area contributed by atoms with Gasteiger partial charge in [0.05, 0.1) is 17.7 Å². The van der Waals surface area contributed by atoms with Gasteiger partial charge in [-0.05, 0) is 24.3 Å². The lowest BCUT2D eigenvalue weighted by Crippen LogP contribution is -2.38. The highest BCUT2D eigenvalue weighted by Crippen LogP contribution is 2.08. The zero-order valence-electron chi connectivity index (χ0n) is 10.6. The summed E-state index contributed by atoms with van der Waals surface area (Å²) in [4.78, 5) is 12.0. The fourth-order valence-corrected chi connectivity index (χ4v) is 2.03. The summed E-state index contributed by atoms with van der Waals surface area (Å²) in [6.07, 6.45) is 0. The van der Waals surface area contributed by atoms with E-state index >= 15 is 0 Å². The van der Waals surface area contributed by atoms with E-state index in [4.69, 9.17) is 5.26 Å². The minimum atomic E-state index is -0.0896. The summed E-state index contributed by atoms with van der Waals surface area (Å²) >= 11 is 0. The van der Waals surface area contributed by atoms with E-state index in [0.717, 1.165) is 13.1 Å². The van der Waals surface area contributed by atoms with Gasteiger partial charge in [0, 0.05) is 32.7 Å². The molecule has 5 nitrogen and oxygen atoms in total. The number of amides is 1. The molecule has 0 radical (unpaired) electrons. The second-order valence-electron chi connectivity index (χ2n) is 4.54. The summed E-state index contributed by atoms with van der Waals surface area (Å²) < 4.78 is 0. The van der Waals surface area contributed by atoms with Crippen molar-refractivity contribution in [3.05, 3.63) is 35.4 Å². The summed E-state index contributed by atoms with van der Waals surface area (Å²) in [5.41, 5.74) is 1.15. The third kappa shape index (κ3) is 2.67. The first kappa shape index (κ1) is 12.6. The first-order valence-electron chi connectivity index (χ1n) is 5.83. The van der Waals surface area contributed by atoms with Crippen LogP contribution in [0.3, 0.4) is 0 Å². The zero-order chi connectivity index (χ0) is 13.1. The molecule has 0 bridgehead atoms. The molecule has 18 heavy (non-hydrogen) atoms. The molecule has 0 aliphatic carbocycles. The lowest BCUT2D eigenvalue weighted by molar-refractivity contribution is 0.0894. The Bertz CT molecular complexity index is 467. The van der Waals surface area contributed by atoms with Gasteiger partial charge in [-0.25, -0.2) is 10.0 Å². The molecule has 2 rings (SSSR count). The van der Waals surface area contributed by atoms with E-state index in [1.165, 1.54) is 0 Å². The van der Waals surface area contributed by atoms with Crippen molar-refractivity contribution in [2.45, 2.75) is 6.04 Å². The number of nitriles is 1. The molecule has 1 heterocycles. The fraction of sp³-hybridized carbons (Fsp3) is 0.385. The second kappa shape index (κ2) is 5.17. The number of nitrogens with one attached hydrogen (secondary N) is 1. The normalized spacial score (nSPS) is 17.6. The maximum absolute atomic E-state index is 12.0. The quantitative estimate of drug-likeness (QED) is 0.820. The number of nitrogens with zero attached hydrogens (tertiary/aromatic N) is 3. The largest absolute Gasteiger partial charge is 0.347 e. The van der Waals surface area contributed by atoms with Crippen molar-refractivity contribution in [1.82, 2.24) is 15.3 Å². The molecule has 1 aliphatic heterocycles. The maximum atomic E-state index is 12.0. The van der Waals surface area contributed by atoms with Crippen LogP contribution >= 0.6 is 0 Å². The van der Waals surface area contributed by atoms with Crippen LogP contribution in [0, 0.1) is 11.3 Å². The van der Waals surface area contributed by atoms with E-state index in [1.54, 1.807) is 24.3 Å². The smallest absolute Gasteiger partial charge is 0.251 e. The van der Waals surface area contributed by atoms with Crippen LogP contribution in [0.2, 0.25) is 0 Å². The molecule has 94 valence electrons. The van der Waals surface area contributed by atoms with Gasteiger partial charge < -0.3 is 5.32 Å². The molecule has 5 heteroatoms. The summed E-state index contributed by atoms with van der Waals surface area (Å²) in [6.45, 7) is 1.64. The topological polar surface area (TPSA) is 59.4 Å². The van der Waals surface area contributed by atoms with E-state index in [0.29, 0.717) is 11.1 Å². The van der Waals surface area contributed by atoms with Crippen molar-refractivity contribution in [3.63, 3.8) is 0 Å². The van der Waals surface area contributed by atoms with Crippen molar-refractivity contribution in [1.29, 1.82) is 5.26 Å². The van der Waals surface area contributed by atoms with Crippen molar-refractivity contribution in [3.8, 4) is 6.07 Å². The first-order chi connectivity index (χ1) is 8.60. The van der Waals surface area contributed by atoms with Gasteiger partial charge in [0.15, 0.2) is 0 Å². The van der Waals surface area contributed by atoms with Crippen molar-refractivity contribution < 1.29 is 4.79 Å². The highest BCUT2D eigenvalue weighted by atomic mass is 16.1. The molecule has 1 aromatic carbocycles. The second-order valence-corrected chi connectivity index (χ2v) is 4.54. The molecule has 0 spiro atoms. The molecule has 0 unspecified atom stereocenters. The molecular formula is C13H16N4O. The van der Waals surface area contributed by atoms with E-state index in [9.17, 15) is 4.79 Å². The molecule has 1 saturated heterocycles. The van der Waals surface area contributed by atoms with E-state index in [1.807, 2.05) is 20.2 Å². The van der Waals surface area contributed by atoms with Gasteiger partial charge in [-0.1, -0.05) is 0 Å². The van der Waals surface area contributed by atoms with Crippen LogP contribution in [-0.2, 0) is 0 Å². The summed E-state index contributed by atoms with van der Waals surface area (Å²) in [5.74, 6) is -0.0896. The Morgan fingerprint density at radius 2 is 1.83 bits per heavy atom. The number of carbonyl (C=O) groups excluding carboxylic acids is 1. The number of likely N-dealkylation sites (N-methyl/N-ethyl adjacent to an activating group) is 2. The van der Waals surface area contributed by atoms with Gasteiger partial charge in [0.1, 0.15) is 0 Å². The van der Waals surface area contributed by atoms with Crippen molar-refractivity contribution in [2.24, 2.45) is 0 Å². The average Bonchev–Trinajstić information content (AvgIpc) is 2.68. The van der Waals surface area contributed by atoms with Crippen LogP contribution in [0.4, 0.5) is 0 Å². The molecule has 1 aromatic rings. The number of rotatable bonds is 2. The Balaban J connectivity index is 1.98. The molecule has 0 atom stereocenters.